The highest BCUT2D eigenvalue weighted by molar-refractivity contribution is 6.10. The maximum Gasteiger partial charge on any atom is 0.312 e. The summed E-state index contributed by atoms with van der Waals surface area (Å²) in [6.07, 6.45) is 5.71. The van der Waals surface area contributed by atoms with Gasteiger partial charge in [0, 0.05) is 29.4 Å². The van der Waals surface area contributed by atoms with Crippen LogP contribution < -0.4 is 0 Å². The number of aliphatic hydroxyl groups excluding tert-OH is 1. The third-order valence-corrected chi connectivity index (χ3v) is 10.9. The highest BCUT2D eigenvalue weighted by atomic mass is 16.5. The molecular formula is C30H44O5. The normalized spacial score (nSPS) is 40.5. The van der Waals surface area contributed by atoms with Gasteiger partial charge in [-0.3, -0.25) is 14.4 Å². The predicted molar refractivity (Wildman–Crippen MR) is 135 cm³/mol. The fourth-order valence-electron chi connectivity index (χ4n) is 8.60. The second kappa shape index (κ2) is 9.28. The number of ketones is 2. The zero-order valence-corrected chi connectivity index (χ0v) is 22.5. The average molecular weight is 485 g/mol. The minimum Gasteiger partial charge on any atom is -0.469 e. The maximum atomic E-state index is 13.9. The molecule has 0 aromatic carbocycles. The third kappa shape index (κ3) is 4.06. The van der Waals surface area contributed by atoms with Gasteiger partial charge in [0.25, 0.3) is 0 Å². The van der Waals surface area contributed by atoms with E-state index in [0.717, 1.165) is 48.8 Å². The van der Waals surface area contributed by atoms with Gasteiger partial charge in [0.2, 0.25) is 0 Å². The number of methoxy groups -OCH3 is 1. The van der Waals surface area contributed by atoms with Gasteiger partial charge in [-0.25, -0.2) is 0 Å². The Balaban J connectivity index is 1.58. The molecule has 35 heavy (non-hydrogen) atoms. The molecule has 2 saturated carbocycles. The molecule has 0 aromatic heterocycles. The summed E-state index contributed by atoms with van der Waals surface area (Å²) in [5, 5.41) is 10.5. The molecule has 0 aromatic rings. The van der Waals surface area contributed by atoms with Gasteiger partial charge in [0.05, 0.1) is 19.1 Å². The first-order valence-corrected chi connectivity index (χ1v) is 13.6. The van der Waals surface area contributed by atoms with Crippen molar-refractivity contribution in [2.75, 3.05) is 7.11 Å². The quantitative estimate of drug-likeness (QED) is 0.400. The molecule has 0 bridgehead atoms. The van der Waals surface area contributed by atoms with E-state index in [2.05, 4.69) is 27.4 Å². The Hall–Kier alpha value is -1.75. The maximum absolute atomic E-state index is 13.9. The summed E-state index contributed by atoms with van der Waals surface area (Å²) in [6, 6.07) is 0. The summed E-state index contributed by atoms with van der Waals surface area (Å²) in [7, 11) is 1.41. The Morgan fingerprint density at radius 1 is 1.17 bits per heavy atom. The number of ether oxygens (including phenoxy) is 1. The lowest BCUT2D eigenvalue weighted by molar-refractivity contribution is -0.143. The standard InChI is InChI=1S/C30H44O5/c1-16(18(3)28(34)35-7)8-9-17(2)20-10-11-21-26-24(32)14-22-19(4)23(31)12-13-29(22,5)27(26)25(33)15-30(20,21)6/h17-23,31H,1,8-15H2,2-7H3/t17-,18?,19+,20-,21+,22+,23-,29+,30-/m1/s1. The molecule has 0 amide bonds. The fourth-order valence-corrected chi connectivity index (χ4v) is 8.60. The summed E-state index contributed by atoms with van der Waals surface area (Å²) in [6.45, 7) is 14.7. The largest absolute Gasteiger partial charge is 0.469 e. The molecule has 0 heterocycles. The minimum atomic E-state index is -0.389. The van der Waals surface area contributed by atoms with Gasteiger partial charge in [-0.15, -0.1) is 0 Å². The van der Waals surface area contributed by atoms with Crippen LogP contribution in [0.5, 0.6) is 0 Å². The first-order chi connectivity index (χ1) is 16.4. The highest BCUT2D eigenvalue weighted by Gasteiger charge is 2.61. The zero-order chi connectivity index (χ0) is 25.9. The Morgan fingerprint density at radius 3 is 2.51 bits per heavy atom. The number of Topliss-reactive ketones (excluding diaryl/α,β-unsaturated/α-hetero) is 2. The van der Waals surface area contributed by atoms with Crippen LogP contribution in [0.2, 0.25) is 0 Å². The monoisotopic (exact) mass is 484 g/mol. The number of esters is 1. The van der Waals surface area contributed by atoms with E-state index >= 15 is 0 Å². The fraction of sp³-hybridized carbons (Fsp3) is 0.767. The molecule has 4 rings (SSSR count). The number of allylic oxidation sites excluding steroid dienone is 2. The number of fused-ring (bicyclic) bond motifs is 4. The van der Waals surface area contributed by atoms with Gasteiger partial charge < -0.3 is 9.84 Å². The molecule has 0 aliphatic heterocycles. The van der Waals surface area contributed by atoms with E-state index in [1.54, 1.807) is 0 Å². The molecule has 0 spiro atoms. The van der Waals surface area contributed by atoms with E-state index in [-0.39, 0.29) is 58.1 Å². The molecule has 5 heteroatoms. The van der Waals surface area contributed by atoms with E-state index in [4.69, 9.17) is 4.74 Å². The van der Waals surface area contributed by atoms with Gasteiger partial charge in [0.1, 0.15) is 0 Å². The van der Waals surface area contributed by atoms with Gasteiger partial charge >= 0.3 is 5.97 Å². The van der Waals surface area contributed by atoms with Crippen molar-refractivity contribution < 1.29 is 24.2 Å². The first-order valence-electron chi connectivity index (χ1n) is 13.6. The van der Waals surface area contributed by atoms with Crippen molar-refractivity contribution in [3.8, 4) is 0 Å². The van der Waals surface area contributed by atoms with Crippen molar-refractivity contribution in [3.63, 3.8) is 0 Å². The van der Waals surface area contributed by atoms with Crippen molar-refractivity contribution in [2.24, 2.45) is 46.3 Å². The lowest BCUT2D eigenvalue weighted by atomic mass is 9.48. The van der Waals surface area contributed by atoms with E-state index in [1.165, 1.54) is 7.11 Å². The second-order valence-corrected chi connectivity index (χ2v) is 12.7. The summed E-state index contributed by atoms with van der Waals surface area (Å²) in [5.41, 5.74) is 2.07. The molecule has 1 unspecified atom stereocenters. The van der Waals surface area contributed by atoms with Gasteiger partial charge in [0.15, 0.2) is 11.6 Å². The van der Waals surface area contributed by atoms with E-state index in [0.29, 0.717) is 31.1 Å². The summed E-state index contributed by atoms with van der Waals surface area (Å²) < 4.78 is 4.87. The minimum absolute atomic E-state index is 0.0321. The van der Waals surface area contributed by atoms with Gasteiger partial charge in [-0.2, -0.15) is 0 Å². The zero-order valence-electron chi connectivity index (χ0n) is 22.5. The lowest BCUT2D eigenvalue weighted by Crippen LogP contribution is -2.53. The Morgan fingerprint density at radius 2 is 1.86 bits per heavy atom. The Bertz CT molecular complexity index is 962. The van der Waals surface area contributed by atoms with Gasteiger partial charge in [-0.1, -0.05) is 39.8 Å². The van der Waals surface area contributed by atoms with Crippen LogP contribution in [-0.4, -0.2) is 35.9 Å². The Kier molecular flexibility index (Phi) is 6.98. The molecule has 0 radical (unpaired) electrons. The molecule has 1 N–H and O–H groups in total. The summed E-state index contributed by atoms with van der Waals surface area (Å²) in [4.78, 5) is 39.4. The van der Waals surface area contributed by atoms with Crippen LogP contribution in [0.3, 0.4) is 0 Å². The topological polar surface area (TPSA) is 80.7 Å². The number of aliphatic hydroxyl groups is 1. The molecule has 0 saturated heterocycles. The van der Waals surface area contributed by atoms with Crippen molar-refractivity contribution in [1.29, 1.82) is 0 Å². The molecule has 194 valence electrons. The van der Waals surface area contributed by atoms with Crippen LogP contribution in [0.4, 0.5) is 0 Å². The van der Waals surface area contributed by atoms with Crippen LogP contribution in [0.15, 0.2) is 23.3 Å². The van der Waals surface area contributed by atoms with Crippen molar-refractivity contribution in [1.82, 2.24) is 0 Å². The van der Waals surface area contributed by atoms with E-state index in [1.807, 2.05) is 13.8 Å². The molecule has 4 aliphatic rings. The smallest absolute Gasteiger partial charge is 0.312 e. The van der Waals surface area contributed by atoms with Crippen molar-refractivity contribution in [2.45, 2.75) is 92.1 Å². The summed E-state index contributed by atoms with van der Waals surface area (Å²) in [5.74, 6) is 0.715. The van der Waals surface area contributed by atoms with Crippen molar-refractivity contribution >= 4 is 17.5 Å². The predicted octanol–water partition coefficient (Wildman–Crippen LogP) is 5.46. The van der Waals surface area contributed by atoms with Crippen LogP contribution in [0.25, 0.3) is 0 Å². The van der Waals surface area contributed by atoms with Crippen LogP contribution in [0, 0.1) is 46.3 Å². The summed E-state index contributed by atoms with van der Waals surface area (Å²) >= 11 is 0. The number of carbonyl (C=O) groups is 3. The number of carbonyl (C=O) groups excluding carboxylic acids is 3. The SMILES string of the molecule is C=C(CC[C@@H](C)[C@H]1CC[C@H]2C3=C(C(=O)C[C@]12C)[C@@]1(C)CC[C@@H](O)[C@@H](C)[C@@H]1CC3=O)C(C)C(=O)OC. The average Bonchev–Trinajstić information content (AvgIpc) is 3.16. The Labute approximate surface area is 210 Å². The molecule has 9 atom stereocenters. The van der Waals surface area contributed by atoms with Crippen molar-refractivity contribution in [3.05, 3.63) is 23.3 Å². The van der Waals surface area contributed by atoms with Crippen LogP contribution >= 0.6 is 0 Å². The molecule has 2 fully saturated rings. The van der Waals surface area contributed by atoms with Crippen LogP contribution in [0.1, 0.15) is 86.0 Å². The van der Waals surface area contributed by atoms with E-state index in [9.17, 15) is 19.5 Å². The first kappa shape index (κ1) is 26.3. The highest BCUT2D eigenvalue weighted by Crippen LogP contribution is 2.65. The second-order valence-electron chi connectivity index (χ2n) is 12.7. The van der Waals surface area contributed by atoms with Crippen LogP contribution in [-0.2, 0) is 19.1 Å². The number of hydrogen-bond donors (Lipinski definition) is 1. The van der Waals surface area contributed by atoms with Gasteiger partial charge in [-0.05, 0) is 80.5 Å². The third-order valence-electron chi connectivity index (χ3n) is 10.9. The van der Waals surface area contributed by atoms with E-state index < -0.39 is 0 Å². The molecular weight excluding hydrogens is 440 g/mol. The number of rotatable bonds is 6. The number of hydrogen-bond acceptors (Lipinski definition) is 5. The lowest BCUT2D eigenvalue weighted by Gasteiger charge is -2.55. The molecule has 4 aliphatic carbocycles. The molecule has 5 nitrogen and oxygen atoms in total.